The van der Waals surface area contributed by atoms with Crippen LogP contribution in [0.4, 0.5) is 5.13 Å². The van der Waals surface area contributed by atoms with Crippen molar-refractivity contribution in [3.63, 3.8) is 0 Å². The van der Waals surface area contributed by atoms with Gasteiger partial charge >= 0.3 is 0 Å². The van der Waals surface area contributed by atoms with E-state index in [1.54, 1.807) is 13.0 Å². The van der Waals surface area contributed by atoms with Crippen LogP contribution < -0.4 is 14.8 Å². The predicted molar refractivity (Wildman–Crippen MR) is 109 cm³/mol. The first kappa shape index (κ1) is 16.8. The Balaban J connectivity index is 1.37. The highest BCUT2D eigenvalue weighted by Gasteiger charge is 2.41. The van der Waals surface area contributed by atoms with Crippen molar-refractivity contribution < 1.29 is 14.3 Å². The van der Waals surface area contributed by atoms with Gasteiger partial charge in [-0.05, 0) is 25.1 Å². The van der Waals surface area contributed by atoms with E-state index in [4.69, 9.17) is 9.47 Å². The van der Waals surface area contributed by atoms with Crippen molar-refractivity contribution in [1.82, 2.24) is 9.97 Å². The molecule has 3 heterocycles. The number of hydrogen-bond donors (Lipinski definition) is 2. The molecule has 2 aromatic carbocycles. The van der Waals surface area contributed by atoms with E-state index in [-0.39, 0.29) is 12.5 Å². The summed E-state index contributed by atoms with van der Waals surface area (Å²) in [5.41, 5.74) is 1.75. The molecule has 28 heavy (non-hydrogen) atoms. The molecule has 0 radical (unpaired) electrons. The molecule has 7 heteroatoms. The fourth-order valence-corrected chi connectivity index (χ4v) is 3.93. The summed E-state index contributed by atoms with van der Waals surface area (Å²) in [4.78, 5) is 20.7. The summed E-state index contributed by atoms with van der Waals surface area (Å²) in [6.07, 6.45) is 1.93. The Morgan fingerprint density at radius 1 is 1.18 bits per heavy atom. The van der Waals surface area contributed by atoms with Gasteiger partial charge in [0.2, 0.25) is 5.60 Å². The van der Waals surface area contributed by atoms with Gasteiger partial charge in [0.25, 0.3) is 5.91 Å². The number of H-pyrrole nitrogens is 1. The van der Waals surface area contributed by atoms with Gasteiger partial charge in [-0.15, -0.1) is 11.3 Å². The smallest absolute Gasteiger partial charge is 0.273 e. The minimum atomic E-state index is -1.12. The number of ether oxygens (including phenoxy) is 2. The van der Waals surface area contributed by atoms with Gasteiger partial charge in [-0.25, -0.2) is 4.98 Å². The number of aromatic nitrogens is 2. The highest BCUT2D eigenvalue weighted by Crippen LogP contribution is 2.36. The standard InChI is InChI=1S/C21H17N3O3S/c1-21(12-26-17-8-4-5-9-18(17)27-21)19(25)24-20-23-16(11-28-20)14-10-22-15-7-3-2-6-13(14)15/h2-11,22H,12H2,1H3,(H,23,24,25). The van der Waals surface area contributed by atoms with Crippen molar-refractivity contribution in [3.8, 4) is 22.8 Å². The molecule has 140 valence electrons. The monoisotopic (exact) mass is 391 g/mol. The van der Waals surface area contributed by atoms with E-state index in [1.807, 2.05) is 54.0 Å². The second-order valence-electron chi connectivity index (χ2n) is 6.81. The molecule has 5 rings (SSSR count). The van der Waals surface area contributed by atoms with Crippen molar-refractivity contribution in [1.29, 1.82) is 0 Å². The van der Waals surface area contributed by atoms with E-state index in [0.29, 0.717) is 16.6 Å². The van der Waals surface area contributed by atoms with Crippen LogP contribution in [0.2, 0.25) is 0 Å². The van der Waals surface area contributed by atoms with E-state index in [2.05, 4.69) is 15.3 Å². The lowest BCUT2D eigenvalue weighted by Crippen LogP contribution is -2.52. The summed E-state index contributed by atoms with van der Waals surface area (Å²) in [7, 11) is 0. The Morgan fingerprint density at radius 2 is 1.96 bits per heavy atom. The minimum absolute atomic E-state index is 0.135. The van der Waals surface area contributed by atoms with E-state index in [9.17, 15) is 4.79 Å². The van der Waals surface area contributed by atoms with Gasteiger partial charge in [0.1, 0.15) is 6.61 Å². The highest BCUT2D eigenvalue weighted by atomic mass is 32.1. The number of carbonyl (C=O) groups is 1. The fraction of sp³-hybridized carbons (Fsp3) is 0.143. The number of para-hydroxylation sites is 3. The Labute approximate surface area is 165 Å². The number of rotatable bonds is 3. The molecule has 1 amide bonds. The summed E-state index contributed by atoms with van der Waals surface area (Å²) in [5.74, 6) is 0.912. The quantitative estimate of drug-likeness (QED) is 0.541. The van der Waals surface area contributed by atoms with Crippen LogP contribution >= 0.6 is 11.3 Å². The molecule has 0 saturated carbocycles. The molecule has 1 atom stereocenters. The van der Waals surface area contributed by atoms with Crippen LogP contribution in [0.1, 0.15) is 6.92 Å². The zero-order valence-corrected chi connectivity index (χ0v) is 15.9. The van der Waals surface area contributed by atoms with E-state index >= 15 is 0 Å². The minimum Gasteiger partial charge on any atom is -0.485 e. The van der Waals surface area contributed by atoms with Gasteiger partial charge in [-0.3, -0.25) is 10.1 Å². The first-order chi connectivity index (χ1) is 13.6. The third-order valence-corrected chi connectivity index (χ3v) is 5.52. The summed E-state index contributed by atoms with van der Waals surface area (Å²) >= 11 is 1.38. The van der Waals surface area contributed by atoms with Crippen LogP contribution in [-0.2, 0) is 4.79 Å². The van der Waals surface area contributed by atoms with Crippen LogP contribution in [-0.4, -0.2) is 28.1 Å². The van der Waals surface area contributed by atoms with Gasteiger partial charge in [-0.1, -0.05) is 30.3 Å². The molecule has 0 saturated heterocycles. The molecule has 0 spiro atoms. The molecule has 6 nitrogen and oxygen atoms in total. The van der Waals surface area contributed by atoms with Crippen LogP contribution in [0.15, 0.2) is 60.1 Å². The van der Waals surface area contributed by atoms with E-state index < -0.39 is 5.60 Å². The fourth-order valence-electron chi connectivity index (χ4n) is 3.22. The van der Waals surface area contributed by atoms with Gasteiger partial charge < -0.3 is 14.5 Å². The molecule has 1 unspecified atom stereocenters. The number of thiazole rings is 1. The van der Waals surface area contributed by atoms with Crippen molar-refractivity contribution in [2.75, 3.05) is 11.9 Å². The molecular formula is C21H17N3O3S. The first-order valence-electron chi connectivity index (χ1n) is 8.87. The number of nitrogens with zero attached hydrogens (tertiary/aromatic N) is 1. The third kappa shape index (κ3) is 2.80. The normalized spacial score (nSPS) is 18.2. The van der Waals surface area contributed by atoms with Gasteiger partial charge in [0.05, 0.1) is 5.69 Å². The number of anilines is 1. The number of fused-ring (bicyclic) bond motifs is 2. The van der Waals surface area contributed by atoms with Gasteiger partial charge in [-0.2, -0.15) is 0 Å². The number of benzene rings is 2. The SMILES string of the molecule is CC1(C(=O)Nc2nc(-c3c[nH]c4ccccc34)cs2)COc2ccccc2O1. The number of nitrogens with one attached hydrogen (secondary N) is 2. The maximum absolute atomic E-state index is 12.9. The zero-order valence-electron chi connectivity index (χ0n) is 15.1. The van der Waals surface area contributed by atoms with Gasteiger partial charge in [0, 0.05) is 28.0 Å². The molecule has 0 fully saturated rings. The average molecular weight is 391 g/mol. The number of amides is 1. The maximum atomic E-state index is 12.9. The topological polar surface area (TPSA) is 76.2 Å². The van der Waals surface area contributed by atoms with Crippen LogP contribution in [0.3, 0.4) is 0 Å². The average Bonchev–Trinajstić information content (AvgIpc) is 3.34. The number of hydrogen-bond acceptors (Lipinski definition) is 5. The second-order valence-corrected chi connectivity index (χ2v) is 7.67. The summed E-state index contributed by atoms with van der Waals surface area (Å²) in [6.45, 7) is 1.85. The molecule has 0 bridgehead atoms. The largest absolute Gasteiger partial charge is 0.485 e. The second kappa shape index (κ2) is 6.38. The van der Waals surface area contributed by atoms with Crippen LogP contribution in [0, 0.1) is 0 Å². The van der Waals surface area contributed by atoms with Crippen molar-refractivity contribution in [2.45, 2.75) is 12.5 Å². The molecular weight excluding hydrogens is 374 g/mol. The number of aromatic amines is 1. The summed E-state index contributed by atoms with van der Waals surface area (Å²) in [6, 6.07) is 15.4. The Kier molecular flexibility index (Phi) is 3.84. The summed E-state index contributed by atoms with van der Waals surface area (Å²) in [5, 5.41) is 6.42. The number of carbonyl (C=O) groups excluding carboxylic acids is 1. The lowest BCUT2D eigenvalue weighted by atomic mass is 10.1. The molecule has 2 N–H and O–H groups in total. The Morgan fingerprint density at radius 3 is 2.86 bits per heavy atom. The van der Waals surface area contributed by atoms with Crippen molar-refractivity contribution in [2.24, 2.45) is 0 Å². The van der Waals surface area contributed by atoms with Crippen LogP contribution in [0.5, 0.6) is 11.5 Å². The molecule has 0 aliphatic carbocycles. The molecule has 1 aliphatic heterocycles. The highest BCUT2D eigenvalue weighted by molar-refractivity contribution is 7.14. The summed E-state index contributed by atoms with van der Waals surface area (Å²) < 4.78 is 11.6. The van der Waals surface area contributed by atoms with E-state index in [0.717, 1.165) is 22.2 Å². The van der Waals surface area contributed by atoms with Gasteiger partial charge in [0.15, 0.2) is 16.6 Å². The maximum Gasteiger partial charge on any atom is 0.273 e. The predicted octanol–water partition coefficient (Wildman–Crippen LogP) is 4.46. The van der Waals surface area contributed by atoms with Crippen molar-refractivity contribution >= 4 is 33.3 Å². The lowest BCUT2D eigenvalue weighted by molar-refractivity contribution is -0.134. The first-order valence-corrected chi connectivity index (χ1v) is 9.75. The zero-order chi connectivity index (χ0) is 19.1. The molecule has 2 aromatic heterocycles. The Bertz CT molecular complexity index is 1180. The lowest BCUT2D eigenvalue weighted by Gasteiger charge is -2.33. The van der Waals surface area contributed by atoms with Crippen molar-refractivity contribution in [3.05, 3.63) is 60.1 Å². The Hall–Kier alpha value is -3.32. The van der Waals surface area contributed by atoms with E-state index in [1.165, 1.54) is 11.3 Å². The van der Waals surface area contributed by atoms with Crippen LogP contribution in [0.25, 0.3) is 22.2 Å². The molecule has 1 aliphatic rings. The molecule has 4 aromatic rings. The third-order valence-electron chi connectivity index (χ3n) is 4.76.